The van der Waals surface area contributed by atoms with Crippen LogP contribution in [0, 0.1) is 6.92 Å². The fraction of sp³-hybridized carbons (Fsp3) is 0.360. The lowest BCUT2D eigenvalue weighted by atomic mass is 9.94. The van der Waals surface area contributed by atoms with Crippen molar-refractivity contribution in [3.8, 4) is 5.75 Å². The van der Waals surface area contributed by atoms with Gasteiger partial charge >= 0.3 is 0 Å². The summed E-state index contributed by atoms with van der Waals surface area (Å²) in [6.07, 6.45) is -0.00258. The molecule has 1 aliphatic heterocycles. The summed E-state index contributed by atoms with van der Waals surface area (Å²) in [6, 6.07) is 9.22. The highest BCUT2D eigenvalue weighted by molar-refractivity contribution is 6.47. The summed E-state index contributed by atoms with van der Waals surface area (Å²) in [4.78, 5) is 29.5. The molecule has 0 saturated carbocycles. The molecule has 2 aromatic rings. The van der Waals surface area contributed by atoms with Crippen molar-refractivity contribution < 1.29 is 19.4 Å². The first-order valence-electron chi connectivity index (χ1n) is 10.7. The van der Waals surface area contributed by atoms with Crippen LogP contribution in [0.25, 0.3) is 5.76 Å². The number of aliphatic hydroxyl groups is 1. The molecule has 1 aliphatic rings. The number of halogens is 2. The zero-order valence-electron chi connectivity index (χ0n) is 19.4. The normalized spacial score (nSPS) is 18.0. The van der Waals surface area contributed by atoms with Crippen LogP contribution in [0.5, 0.6) is 5.75 Å². The summed E-state index contributed by atoms with van der Waals surface area (Å²) in [5.74, 6) is -0.991. The molecule has 0 unspecified atom stereocenters. The smallest absolute Gasteiger partial charge is 0.295 e. The summed E-state index contributed by atoms with van der Waals surface area (Å²) in [6.45, 7) is 6.54. The van der Waals surface area contributed by atoms with E-state index in [0.717, 1.165) is 5.56 Å². The molecule has 2 aromatic carbocycles. The van der Waals surface area contributed by atoms with Crippen LogP contribution in [-0.2, 0) is 9.59 Å². The van der Waals surface area contributed by atoms with Crippen molar-refractivity contribution in [1.82, 2.24) is 9.80 Å². The Kier molecular flexibility index (Phi) is 7.73. The van der Waals surface area contributed by atoms with E-state index in [-0.39, 0.29) is 24.0 Å². The van der Waals surface area contributed by atoms with Gasteiger partial charge in [-0.05, 0) is 76.3 Å². The molecule has 176 valence electrons. The van der Waals surface area contributed by atoms with Crippen molar-refractivity contribution in [1.29, 1.82) is 0 Å². The maximum atomic E-state index is 13.1. The summed E-state index contributed by atoms with van der Waals surface area (Å²) in [5.41, 5.74) is 1.75. The lowest BCUT2D eigenvalue weighted by molar-refractivity contribution is -0.140. The number of ketones is 1. The fourth-order valence-corrected chi connectivity index (χ4v) is 4.32. The van der Waals surface area contributed by atoms with Gasteiger partial charge in [-0.25, -0.2) is 0 Å². The molecular weight excluding hydrogens is 463 g/mol. The average molecular weight is 491 g/mol. The van der Waals surface area contributed by atoms with E-state index in [4.69, 9.17) is 27.9 Å². The number of aryl methyl sites for hydroxylation is 1. The predicted molar refractivity (Wildman–Crippen MR) is 131 cm³/mol. The second-order valence-corrected chi connectivity index (χ2v) is 9.45. The molecule has 6 nitrogen and oxygen atoms in total. The highest BCUT2D eigenvalue weighted by atomic mass is 35.5. The predicted octanol–water partition coefficient (Wildman–Crippen LogP) is 5.07. The molecule has 3 rings (SSSR count). The third-order valence-corrected chi connectivity index (χ3v) is 5.96. The van der Waals surface area contributed by atoms with Crippen molar-refractivity contribution in [2.75, 3.05) is 27.2 Å². The summed E-state index contributed by atoms with van der Waals surface area (Å²) >= 11 is 12.5. The Morgan fingerprint density at radius 3 is 2.42 bits per heavy atom. The van der Waals surface area contributed by atoms with E-state index in [1.54, 1.807) is 36.4 Å². The van der Waals surface area contributed by atoms with Crippen LogP contribution >= 0.6 is 23.2 Å². The molecule has 0 aliphatic carbocycles. The highest BCUT2D eigenvalue weighted by Gasteiger charge is 2.46. The van der Waals surface area contributed by atoms with E-state index in [9.17, 15) is 14.7 Å². The Hall–Kier alpha value is -2.54. The first-order chi connectivity index (χ1) is 15.5. The number of likely N-dealkylation sites (tertiary alicyclic amines) is 1. The van der Waals surface area contributed by atoms with E-state index in [1.165, 1.54) is 4.90 Å². The van der Waals surface area contributed by atoms with Crippen LogP contribution in [0.2, 0.25) is 10.0 Å². The Balaban J connectivity index is 2.15. The van der Waals surface area contributed by atoms with Gasteiger partial charge in [0.05, 0.1) is 17.7 Å². The van der Waals surface area contributed by atoms with Gasteiger partial charge in [-0.3, -0.25) is 9.59 Å². The molecule has 1 heterocycles. The number of hydrogen-bond acceptors (Lipinski definition) is 5. The second kappa shape index (κ2) is 10.2. The number of rotatable bonds is 7. The van der Waals surface area contributed by atoms with Gasteiger partial charge in [0.2, 0.25) is 0 Å². The van der Waals surface area contributed by atoms with Gasteiger partial charge in [-0.1, -0.05) is 29.3 Å². The summed E-state index contributed by atoms with van der Waals surface area (Å²) in [5, 5.41) is 12.0. The van der Waals surface area contributed by atoms with Gasteiger partial charge in [0.15, 0.2) is 0 Å². The molecule has 1 saturated heterocycles. The lowest BCUT2D eigenvalue weighted by Crippen LogP contribution is -2.35. The number of carbonyl (C=O) groups is 2. The Morgan fingerprint density at radius 2 is 1.85 bits per heavy atom. The van der Waals surface area contributed by atoms with Gasteiger partial charge in [0.25, 0.3) is 11.7 Å². The molecule has 0 bridgehead atoms. The number of amides is 1. The molecule has 8 heteroatoms. The number of Topliss-reactive ketones (excluding diaryl/α,β-unsaturated/α-hetero) is 1. The Bertz CT molecular complexity index is 1110. The van der Waals surface area contributed by atoms with E-state index in [1.807, 2.05) is 39.8 Å². The van der Waals surface area contributed by atoms with Crippen molar-refractivity contribution in [3.05, 3.63) is 68.7 Å². The molecule has 0 aromatic heterocycles. The number of benzene rings is 2. The number of nitrogens with zero attached hydrogens (tertiary/aromatic N) is 2. The van der Waals surface area contributed by atoms with Gasteiger partial charge in [-0.2, -0.15) is 0 Å². The maximum absolute atomic E-state index is 13.1. The van der Waals surface area contributed by atoms with Crippen LogP contribution < -0.4 is 4.74 Å². The minimum Gasteiger partial charge on any atom is -0.507 e. The number of likely N-dealkylation sites (N-methyl/N-ethyl adjacent to an activating group) is 1. The number of ether oxygens (including phenoxy) is 1. The molecule has 1 N–H and O–H groups in total. The topological polar surface area (TPSA) is 70.1 Å². The second-order valence-electron chi connectivity index (χ2n) is 8.61. The quantitative estimate of drug-likeness (QED) is 0.333. The zero-order valence-corrected chi connectivity index (χ0v) is 20.9. The SMILES string of the molecule is Cc1cc(/C(O)=C2\C(=O)C(=O)N(CCN(C)C)[C@@H]2c2ccc(Cl)cc2Cl)ccc1OC(C)C. The Labute approximate surface area is 204 Å². The van der Waals surface area contributed by atoms with Crippen molar-refractivity contribution in [3.63, 3.8) is 0 Å². The summed E-state index contributed by atoms with van der Waals surface area (Å²) in [7, 11) is 3.76. The highest BCUT2D eigenvalue weighted by Crippen LogP contribution is 2.42. The first-order valence-corrected chi connectivity index (χ1v) is 11.4. The van der Waals surface area contributed by atoms with Crippen molar-refractivity contribution in [2.45, 2.75) is 32.9 Å². The van der Waals surface area contributed by atoms with Crippen LogP contribution in [-0.4, -0.2) is 59.9 Å². The van der Waals surface area contributed by atoms with Crippen molar-refractivity contribution in [2.24, 2.45) is 0 Å². The zero-order chi connectivity index (χ0) is 24.4. The number of hydrogen-bond donors (Lipinski definition) is 1. The average Bonchev–Trinajstić information content (AvgIpc) is 2.97. The third-order valence-electron chi connectivity index (χ3n) is 5.40. The van der Waals surface area contributed by atoms with E-state index in [0.29, 0.717) is 33.5 Å². The first kappa shape index (κ1) is 25.1. The molecule has 0 radical (unpaired) electrons. The van der Waals surface area contributed by atoms with Gasteiger partial charge < -0.3 is 19.6 Å². The van der Waals surface area contributed by atoms with E-state index >= 15 is 0 Å². The molecule has 1 fully saturated rings. The number of aliphatic hydroxyl groups excluding tert-OH is 1. The van der Waals surface area contributed by atoms with Gasteiger partial charge in [-0.15, -0.1) is 0 Å². The van der Waals surface area contributed by atoms with Crippen LogP contribution in [0.1, 0.15) is 36.6 Å². The molecule has 1 amide bonds. The van der Waals surface area contributed by atoms with Crippen LogP contribution in [0.4, 0.5) is 0 Å². The monoisotopic (exact) mass is 490 g/mol. The molecule has 1 atom stereocenters. The number of carbonyl (C=O) groups excluding carboxylic acids is 2. The Morgan fingerprint density at radius 1 is 1.15 bits per heavy atom. The van der Waals surface area contributed by atoms with Crippen LogP contribution in [0.3, 0.4) is 0 Å². The maximum Gasteiger partial charge on any atom is 0.295 e. The van der Waals surface area contributed by atoms with Gasteiger partial charge in [0.1, 0.15) is 11.5 Å². The van der Waals surface area contributed by atoms with Gasteiger partial charge in [0, 0.05) is 28.7 Å². The lowest BCUT2D eigenvalue weighted by Gasteiger charge is -2.27. The minimum atomic E-state index is -0.832. The molecule has 33 heavy (non-hydrogen) atoms. The van der Waals surface area contributed by atoms with Crippen molar-refractivity contribution >= 4 is 40.7 Å². The fourth-order valence-electron chi connectivity index (χ4n) is 3.80. The third kappa shape index (κ3) is 5.35. The van der Waals surface area contributed by atoms with E-state index in [2.05, 4.69) is 0 Å². The largest absolute Gasteiger partial charge is 0.507 e. The molecule has 0 spiro atoms. The summed E-state index contributed by atoms with van der Waals surface area (Å²) < 4.78 is 5.77. The van der Waals surface area contributed by atoms with E-state index < -0.39 is 17.7 Å². The molecular formula is C25H28Cl2N2O4. The van der Waals surface area contributed by atoms with Crippen LogP contribution in [0.15, 0.2) is 42.0 Å². The minimum absolute atomic E-state index is 0.0000866. The standard InChI is InChI=1S/C25H28Cl2N2O4/c1-14(2)33-20-9-6-16(12-15(20)3)23(30)21-22(18-8-7-17(26)13-19(18)27)29(11-10-28(4)5)25(32)24(21)31/h6-9,12-14,22,30H,10-11H2,1-5H3/b23-21+/t22-/m1/s1.